The van der Waals surface area contributed by atoms with Gasteiger partial charge in [0.15, 0.2) is 5.78 Å². The average Bonchev–Trinajstić information content (AvgIpc) is 3.30. The van der Waals surface area contributed by atoms with E-state index in [4.69, 9.17) is 9.47 Å². The van der Waals surface area contributed by atoms with Crippen LogP contribution in [0.5, 0.6) is 5.75 Å². The van der Waals surface area contributed by atoms with Crippen LogP contribution in [0, 0.1) is 0 Å². The van der Waals surface area contributed by atoms with E-state index in [-0.39, 0.29) is 11.9 Å². The molecule has 0 unspecified atom stereocenters. The molecule has 2 aromatic rings. The molecule has 3 rings (SSSR count). The fraction of sp³-hybridized carbons (Fsp3) is 0.188. The average molecular weight is 254 g/mol. The maximum Gasteiger partial charge on any atom is 0.193 e. The zero-order valence-electron chi connectivity index (χ0n) is 10.4. The highest BCUT2D eigenvalue weighted by atomic mass is 16.6. The second-order valence-corrected chi connectivity index (χ2v) is 4.49. The minimum Gasteiger partial charge on any atom is -0.491 e. The van der Waals surface area contributed by atoms with Crippen molar-refractivity contribution in [1.29, 1.82) is 0 Å². The SMILES string of the molecule is O=C(c1ccccc1)c1ccc(OC[C@H]2CO2)cc1. The summed E-state index contributed by atoms with van der Waals surface area (Å²) in [6, 6.07) is 16.5. The van der Waals surface area contributed by atoms with Crippen molar-refractivity contribution >= 4 is 5.78 Å². The van der Waals surface area contributed by atoms with Crippen molar-refractivity contribution in [1.82, 2.24) is 0 Å². The van der Waals surface area contributed by atoms with E-state index in [2.05, 4.69) is 0 Å². The van der Waals surface area contributed by atoms with Crippen molar-refractivity contribution in [3.8, 4) is 5.75 Å². The molecule has 1 fully saturated rings. The van der Waals surface area contributed by atoms with Crippen molar-refractivity contribution in [3.63, 3.8) is 0 Å². The summed E-state index contributed by atoms with van der Waals surface area (Å²) in [5, 5.41) is 0. The Hall–Kier alpha value is -2.13. The molecule has 2 aromatic carbocycles. The normalized spacial score (nSPS) is 16.9. The Morgan fingerprint density at radius 1 is 1.05 bits per heavy atom. The van der Waals surface area contributed by atoms with E-state index in [9.17, 15) is 4.79 Å². The van der Waals surface area contributed by atoms with Crippen LogP contribution in [0.2, 0.25) is 0 Å². The summed E-state index contributed by atoms with van der Waals surface area (Å²) < 4.78 is 10.6. The number of carbonyl (C=O) groups is 1. The highest BCUT2D eigenvalue weighted by Crippen LogP contribution is 2.17. The van der Waals surface area contributed by atoms with E-state index in [0.29, 0.717) is 17.7 Å². The summed E-state index contributed by atoms with van der Waals surface area (Å²) >= 11 is 0. The van der Waals surface area contributed by atoms with Crippen LogP contribution in [0.3, 0.4) is 0 Å². The zero-order chi connectivity index (χ0) is 13.1. The molecular formula is C16H14O3. The van der Waals surface area contributed by atoms with Gasteiger partial charge in [0.1, 0.15) is 18.5 Å². The number of epoxide rings is 1. The maximum atomic E-state index is 12.2. The molecule has 0 radical (unpaired) electrons. The largest absolute Gasteiger partial charge is 0.491 e. The standard InChI is InChI=1S/C16H14O3/c17-16(12-4-2-1-3-5-12)13-6-8-14(9-7-13)18-10-15-11-19-15/h1-9,15H,10-11H2/t15-/m0/s1. The van der Waals surface area contributed by atoms with Gasteiger partial charge in [-0.2, -0.15) is 0 Å². The van der Waals surface area contributed by atoms with Gasteiger partial charge in [-0.1, -0.05) is 30.3 Å². The molecule has 1 atom stereocenters. The van der Waals surface area contributed by atoms with Crippen LogP contribution in [0.25, 0.3) is 0 Å². The number of ether oxygens (including phenoxy) is 2. The Morgan fingerprint density at radius 2 is 1.68 bits per heavy atom. The summed E-state index contributed by atoms with van der Waals surface area (Å²) in [4.78, 5) is 12.2. The van der Waals surface area contributed by atoms with E-state index in [1.807, 2.05) is 42.5 Å². The molecule has 3 nitrogen and oxygen atoms in total. The Labute approximate surface area is 111 Å². The summed E-state index contributed by atoms with van der Waals surface area (Å²) in [6.07, 6.45) is 0.241. The van der Waals surface area contributed by atoms with Gasteiger partial charge >= 0.3 is 0 Å². The van der Waals surface area contributed by atoms with Crippen molar-refractivity contribution < 1.29 is 14.3 Å². The number of ketones is 1. The molecule has 0 N–H and O–H groups in total. The second-order valence-electron chi connectivity index (χ2n) is 4.49. The minimum absolute atomic E-state index is 0.0256. The molecule has 1 aliphatic heterocycles. The van der Waals surface area contributed by atoms with E-state index in [0.717, 1.165) is 12.4 Å². The molecular weight excluding hydrogens is 240 g/mol. The lowest BCUT2D eigenvalue weighted by Gasteiger charge is -2.05. The monoisotopic (exact) mass is 254 g/mol. The van der Waals surface area contributed by atoms with Crippen LogP contribution < -0.4 is 4.74 Å². The number of hydrogen-bond donors (Lipinski definition) is 0. The fourth-order valence-corrected chi connectivity index (χ4v) is 1.81. The zero-order valence-corrected chi connectivity index (χ0v) is 10.4. The fourth-order valence-electron chi connectivity index (χ4n) is 1.81. The molecule has 96 valence electrons. The third kappa shape index (κ3) is 3.01. The predicted octanol–water partition coefficient (Wildman–Crippen LogP) is 2.70. The third-order valence-corrected chi connectivity index (χ3v) is 2.99. The highest BCUT2D eigenvalue weighted by molar-refractivity contribution is 6.08. The Bertz CT molecular complexity index is 556. The molecule has 0 aromatic heterocycles. The molecule has 0 spiro atoms. The molecule has 1 saturated heterocycles. The first-order valence-corrected chi connectivity index (χ1v) is 6.27. The van der Waals surface area contributed by atoms with Crippen molar-refractivity contribution in [2.24, 2.45) is 0 Å². The molecule has 0 saturated carbocycles. The summed E-state index contributed by atoms with van der Waals surface area (Å²) in [5.74, 6) is 0.790. The third-order valence-electron chi connectivity index (χ3n) is 2.99. The van der Waals surface area contributed by atoms with Crippen molar-refractivity contribution in [3.05, 3.63) is 65.7 Å². The first-order valence-electron chi connectivity index (χ1n) is 6.27. The first-order chi connectivity index (χ1) is 9.33. The van der Waals surface area contributed by atoms with Crippen LogP contribution in [0.15, 0.2) is 54.6 Å². The van der Waals surface area contributed by atoms with Gasteiger partial charge in [-0.25, -0.2) is 0 Å². The summed E-state index contributed by atoms with van der Waals surface area (Å²) in [5.41, 5.74) is 1.36. The van der Waals surface area contributed by atoms with Gasteiger partial charge < -0.3 is 9.47 Å². The molecule has 0 aliphatic carbocycles. The predicted molar refractivity (Wildman–Crippen MR) is 71.6 cm³/mol. The second kappa shape index (κ2) is 5.24. The van der Waals surface area contributed by atoms with Gasteiger partial charge in [-0.05, 0) is 24.3 Å². The van der Waals surface area contributed by atoms with E-state index < -0.39 is 0 Å². The Morgan fingerprint density at radius 3 is 2.32 bits per heavy atom. The maximum absolute atomic E-state index is 12.2. The van der Waals surface area contributed by atoms with Gasteiger partial charge in [0, 0.05) is 11.1 Å². The van der Waals surface area contributed by atoms with E-state index >= 15 is 0 Å². The Balaban J connectivity index is 1.69. The minimum atomic E-state index is 0.0256. The van der Waals surface area contributed by atoms with Crippen LogP contribution in [0.1, 0.15) is 15.9 Å². The topological polar surface area (TPSA) is 38.8 Å². The summed E-state index contributed by atoms with van der Waals surface area (Å²) in [7, 11) is 0. The Kier molecular flexibility index (Phi) is 3.29. The van der Waals surface area contributed by atoms with E-state index in [1.54, 1.807) is 12.1 Å². The first kappa shape index (κ1) is 11.9. The lowest BCUT2D eigenvalue weighted by molar-refractivity contribution is 0.103. The number of rotatable bonds is 5. The van der Waals surface area contributed by atoms with Gasteiger partial charge in [-0.3, -0.25) is 4.79 Å². The van der Waals surface area contributed by atoms with Crippen molar-refractivity contribution in [2.45, 2.75) is 6.10 Å². The molecule has 0 bridgehead atoms. The number of carbonyl (C=O) groups excluding carboxylic acids is 1. The van der Waals surface area contributed by atoms with Gasteiger partial charge in [-0.15, -0.1) is 0 Å². The number of benzene rings is 2. The molecule has 0 amide bonds. The van der Waals surface area contributed by atoms with Crippen LogP contribution in [-0.2, 0) is 4.74 Å². The number of hydrogen-bond acceptors (Lipinski definition) is 3. The lowest BCUT2D eigenvalue weighted by atomic mass is 10.0. The molecule has 1 heterocycles. The van der Waals surface area contributed by atoms with Gasteiger partial charge in [0.05, 0.1) is 6.61 Å². The van der Waals surface area contributed by atoms with Crippen LogP contribution in [-0.4, -0.2) is 25.1 Å². The summed E-state index contributed by atoms with van der Waals surface area (Å²) in [6.45, 7) is 1.36. The smallest absolute Gasteiger partial charge is 0.193 e. The van der Waals surface area contributed by atoms with E-state index in [1.165, 1.54) is 0 Å². The van der Waals surface area contributed by atoms with Gasteiger partial charge in [0.2, 0.25) is 0 Å². The lowest BCUT2D eigenvalue weighted by Crippen LogP contribution is -2.05. The molecule has 1 aliphatic rings. The molecule has 19 heavy (non-hydrogen) atoms. The van der Waals surface area contributed by atoms with Crippen molar-refractivity contribution in [2.75, 3.05) is 13.2 Å². The molecule has 3 heteroatoms. The quantitative estimate of drug-likeness (QED) is 0.608. The van der Waals surface area contributed by atoms with Crippen LogP contribution >= 0.6 is 0 Å². The highest BCUT2D eigenvalue weighted by Gasteiger charge is 2.23. The van der Waals surface area contributed by atoms with Gasteiger partial charge in [0.25, 0.3) is 0 Å². The van der Waals surface area contributed by atoms with Crippen LogP contribution in [0.4, 0.5) is 0 Å².